The summed E-state index contributed by atoms with van der Waals surface area (Å²) in [6.07, 6.45) is 2.95. The zero-order valence-electron chi connectivity index (χ0n) is 13.0. The average Bonchev–Trinajstić information content (AvgIpc) is 3.21. The lowest BCUT2D eigenvalue weighted by atomic mass is 10.3. The molecule has 3 aromatic heterocycles. The van der Waals surface area contributed by atoms with Gasteiger partial charge in [0.15, 0.2) is 11.6 Å². The lowest BCUT2D eigenvalue weighted by Gasteiger charge is -2.27. The summed E-state index contributed by atoms with van der Waals surface area (Å²) in [5.74, 6) is 1.84. The fraction of sp³-hybridized carbons (Fsp3) is 0.357. The number of aromatic amines is 1. The van der Waals surface area contributed by atoms with Crippen molar-refractivity contribution < 1.29 is 9.26 Å². The Bertz CT molecular complexity index is 907. The number of H-pyrrole nitrogens is 1. The molecule has 10 heteroatoms. The average molecular weight is 329 g/mol. The predicted molar refractivity (Wildman–Crippen MR) is 83.0 cm³/mol. The van der Waals surface area contributed by atoms with Crippen molar-refractivity contribution in [3.63, 3.8) is 0 Å². The zero-order chi connectivity index (χ0) is 16.5. The number of nitrogens with zero attached hydrogens (tertiary/aromatic N) is 6. The van der Waals surface area contributed by atoms with Crippen molar-refractivity contribution in [1.29, 1.82) is 0 Å². The Morgan fingerprint density at radius 2 is 2.00 bits per heavy atom. The third-order valence-electron chi connectivity index (χ3n) is 3.73. The van der Waals surface area contributed by atoms with E-state index in [1.54, 1.807) is 13.0 Å². The Kier molecular flexibility index (Phi) is 3.58. The normalized spacial score (nSPS) is 15.0. The van der Waals surface area contributed by atoms with Gasteiger partial charge in [0.25, 0.3) is 11.4 Å². The first kappa shape index (κ1) is 14.6. The number of anilines is 1. The molecule has 1 saturated heterocycles. The lowest BCUT2D eigenvalue weighted by molar-refractivity contribution is 0.122. The van der Waals surface area contributed by atoms with Gasteiger partial charge in [0.05, 0.1) is 13.2 Å². The summed E-state index contributed by atoms with van der Waals surface area (Å²) in [5.41, 5.74) is -0.0209. The molecule has 1 aliphatic heterocycles. The molecule has 4 rings (SSSR count). The van der Waals surface area contributed by atoms with E-state index in [1.807, 2.05) is 0 Å². The lowest BCUT2D eigenvalue weighted by Crippen LogP contribution is -2.36. The molecule has 3 aromatic rings. The summed E-state index contributed by atoms with van der Waals surface area (Å²) >= 11 is 0. The minimum absolute atomic E-state index is 0.176. The second-order valence-corrected chi connectivity index (χ2v) is 5.31. The first-order valence-electron chi connectivity index (χ1n) is 7.48. The number of nitrogens with one attached hydrogen (secondary N) is 1. The summed E-state index contributed by atoms with van der Waals surface area (Å²) < 4.78 is 11.7. The molecule has 0 aliphatic carbocycles. The SMILES string of the molecule is Cc1noc(-c2c[nH]n(-c3cc(N4CCOCC4)ncn3)c2=O)n1. The summed E-state index contributed by atoms with van der Waals surface area (Å²) in [6.45, 7) is 4.51. The maximum Gasteiger partial charge on any atom is 0.285 e. The molecule has 0 radical (unpaired) electrons. The second kappa shape index (κ2) is 5.89. The van der Waals surface area contributed by atoms with Crippen molar-refractivity contribution in [2.45, 2.75) is 6.92 Å². The summed E-state index contributed by atoms with van der Waals surface area (Å²) in [4.78, 5) is 27.2. The maximum absolute atomic E-state index is 12.6. The Morgan fingerprint density at radius 1 is 1.21 bits per heavy atom. The van der Waals surface area contributed by atoms with Gasteiger partial charge in [0.1, 0.15) is 17.7 Å². The minimum Gasteiger partial charge on any atom is -0.378 e. The third-order valence-corrected chi connectivity index (χ3v) is 3.73. The molecule has 0 saturated carbocycles. The highest BCUT2D eigenvalue weighted by Crippen LogP contribution is 2.16. The van der Waals surface area contributed by atoms with E-state index < -0.39 is 0 Å². The summed E-state index contributed by atoms with van der Waals surface area (Å²) in [6, 6.07) is 1.76. The van der Waals surface area contributed by atoms with Crippen LogP contribution in [0.25, 0.3) is 17.3 Å². The molecule has 24 heavy (non-hydrogen) atoms. The van der Waals surface area contributed by atoms with Crippen molar-refractivity contribution in [3.05, 3.63) is 34.8 Å². The standard InChI is InChI=1S/C14H15N7O3/c1-9-18-13(24-19-9)10-7-17-21(14(10)22)12-6-11(15-8-16-12)20-2-4-23-5-3-20/h6-8,17H,2-5H2,1H3. The molecule has 1 fully saturated rings. The van der Waals surface area contributed by atoms with Gasteiger partial charge in [-0.2, -0.15) is 4.98 Å². The van der Waals surface area contributed by atoms with Crippen LogP contribution in [0.2, 0.25) is 0 Å². The van der Waals surface area contributed by atoms with Crippen LogP contribution in [0.4, 0.5) is 5.82 Å². The number of rotatable bonds is 3. The number of aromatic nitrogens is 6. The van der Waals surface area contributed by atoms with Gasteiger partial charge in [-0.15, -0.1) is 0 Å². The van der Waals surface area contributed by atoms with Crippen molar-refractivity contribution >= 4 is 5.82 Å². The van der Waals surface area contributed by atoms with Crippen LogP contribution in [0.1, 0.15) is 5.82 Å². The molecule has 0 bridgehead atoms. The molecule has 0 aromatic carbocycles. The molecule has 0 spiro atoms. The second-order valence-electron chi connectivity index (χ2n) is 5.31. The minimum atomic E-state index is -0.315. The molecule has 1 aliphatic rings. The van der Waals surface area contributed by atoms with Crippen LogP contribution in [0.15, 0.2) is 27.9 Å². The molecule has 0 atom stereocenters. The molecule has 124 valence electrons. The zero-order valence-corrected chi connectivity index (χ0v) is 13.0. The topological polar surface area (TPSA) is 115 Å². The molecule has 0 unspecified atom stereocenters. The Balaban J connectivity index is 1.69. The van der Waals surface area contributed by atoms with Gasteiger partial charge in [-0.05, 0) is 6.92 Å². The molecule has 10 nitrogen and oxygen atoms in total. The van der Waals surface area contributed by atoms with E-state index in [0.717, 1.165) is 18.9 Å². The highest BCUT2D eigenvalue weighted by atomic mass is 16.5. The van der Waals surface area contributed by atoms with E-state index in [1.165, 1.54) is 17.2 Å². The summed E-state index contributed by atoms with van der Waals surface area (Å²) in [5, 5.41) is 6.57. The van der Waals surface area contributed by atoms with E-state index in [4.69, 9.17) is 9.26 Å². The van der Waals surface area contributed by atoms with Gasteiger partial charge in [-0.25, -0.2) is 14.6 Å². The van der Waals surface area contributed by atoms with E-state index in [2.05, 4.69) is 30.1 Å². The largest absolute Gasteiger partial charge is 0.378 e. The smallest absolute Gasteiger partial charge is 0.285 e. The van der Waals surface area contributed by atoms with E-state index in [-0.39, 0.29) is 11.4 Å². The van der Waals surface area contributed by atoms with Crippen molar-refractivity contribution in [2.24, 2.45) is 0 Å². The van der Waals surface area contributed by atoms with Crippen LogP contribution in [-0.2, 0) is 4.74 Å². The van der Waals surface area contributed by atoms with Crippen LogP contribution in [0.5, 0.6) is 0 Å². The fourth-order valence-electron chi connectivity index (χ4n) is 2.52. The van der Waals surface area contributed by atoms with Crippen LogP contribution in [-0.4, -0.2) is 56.2 Å². The maximum atomic E-state index is 12.6. The number of hydrogen-bond acceptors (Lipinski definition) is 8. The Labute approximate surface area is 136 Å². The third kappa shape index (κ3) is 2.56. The first-order chi connectivity index (χ1) is 11.7. The number of aryl methyl sites for hydroxylation is 1. The molecule has 0 amide bonds. The van der Waals surface area contributed by atoms with Crippen LogP contribution in [0.3, 0.4) is 0 Å². The van der Waals surface area contributed by atoms with Gasteiger partial charge in [-0.3, -0.25) is 9.89 Å². The van der Waals surface area contributed by atoms with Crippen molar-refractivity contribution in [1.82, 2.24) is 29.9 Å². The number of ether oxygens (including phenoxy) is 1. The van der Waals surface area contributed by atoms with Gasteiger partial charge in [0.2, 0.25) is 0 Å². The van der Waals surface area contributed by atoms with Gasteiger partial charge in [-0.1, -0.05) is 5.16 Å². The highest BCUT2D eigenvalue weighted by molar-refractivity contribution is 5.51. The Morgan fingerprint density at radius 3 is 2.75 bits per heavy atom. The van der Waals surface area contributed by atoms with Crippen LogP contribution >= 0.6 is 0 Å². The molecule has 4 heterocycles. The van der Waals surface area contributed by atoms with E-state index >= 15 is 0 Å². The van der Waals surface area contributed by atoms with Gasteiger partial charge >= 0.3 is 0 Å². The quantitative estimate of drug-likeness (QED) is 0.722. The molecule has 1 N–H and O–H groups in total. The van der Waals surface area contributed by atoms with E-state index in [0.29, 0.717) is 30.4 Å². The van der Waals surface area contributed by atoms with E-state index in [9.17, 15) is 4.79 Å². The highest BCUT2D eigenvalue weighted by Gasteiger charge is 2.18. The van der Waals surface area contributed by atoms with Crippen LogP contribution < -0.4 is 10.5 Å². The number of hydrogen-bond donors (Lipinski definition) is 1. The van der Waals surface area contributed by atoms with Crippen LogP contribution in [0, 0.1) is 6.92 Å². The van der Waals surface area contributed by atoms with Crippen molar-refractivity contribution in [2.75, 3.05) is 31.2 Å². The first-order valence-corrected chi connectivity index (χ1v) is 7.48. The fourth-order valence-corrected chi connectivity index (χ4v) is 2.52. The molecular formula is C14H15N7O3. The predicted octanol–water partition coefficient (Wildman–Crippen LogP) is 0.151. The molecular weight excluding hydrogens is 314 g/mol. The van der Waals surface area contributed by atoms with Gasteiger partial charge in [0, 0.05) is 25.4 Å². The Hall–Kier alpha value is -3.01. The van der Waals surface area contributed by atoms with Crippen molar-refractivity contribution in [3.8, 4) is 17.3 Å². The summed E-state index contributed by atoms with van der Waals surface area (Å²) in [7, 11) is 0. The monoisotopic (exact) mass is 329 g/mol. The van der Waals surface area contributed by atoms with Gasteiger partial charge < -0.3 is 14.2 Å². The number of morpholine rings is 1.